The van der Waals surface area contributed by atoms with E-state index in [9.17, 15) is 24.2 Å². The van der Waals surface area contributed by atoms with Crippen molar-refractivity contribution in [2.75, 3.05) is 19.8 Å². The molecule has 0 bridgehead atoms. The van der Waals surface area contributed by atoms with Crippen molar-refractivity contribution in [3.8, 4) is 11.5 Å². The first-order valence-electron chi connectivity index (χ1n) is 10.3. The summed E-state index contributed by atoms with van der Waals surface area (Å²) in [6.45, 7) is 0.392. The Kier molecular flexibility index (Phi) is 8.29. The molecular weight excluding hydrogens is 458 g/mol. The zero-order valence-electron chi connectivity index (χ0n) is 17.8. The van der Waals surface area contributed by atoms with Crippen LogP contribution in [-0.4, -0.2) is 65.9 Å². The van der Waals surface area contributed by atoms with Gasteiger partial charge in [-0.3, -0.25) is 4.79 Å². The Hall–Kier alpha value is -3.11. The Morgan fingerprint density at radius 2 is 2.15 bits per heavy atom. The molecule has 0 saturated carbocycles. The minimum atomic E-state index is -0.823. The molecule has 0 aliphatic carbocycles. The Bertz CT molecular complexity index is 995. The minimum Gasteiger partial charge on any atom is -0.507 e. The molecule has 2 aliphatic heterocycles. The molecule has 9 nitrogen and oxygen atoms in total. The molecule has 2 aliphatic rings. The molecular formula is C22H24ClFN2O7. The van der Waals surface area contributed by atoms with Crippen LogP contribution in [0.15, 0.2) is 35.5 Å². The van der Waals surface area contributed by atoms with Crippen molar-refractivity contribution in [2.45, 2.75) is 38.1 Å². The van der Waals surface area contributed by atoms with E-state index in [0.29, 0.717) is 6.42 Å². The third-order valence-electron chi connectivity index (χ3n) is 4.87. The second kappa shape index (κ2) is 11.2. The zero-order valence-corrected chi connectivity index (χ0v) is 18.5. The van der Waals surface area contributed by atoms with Crippen molar-refractivity contribution in [1.29, 1.82) is 0 Å². The molecule has 1 aromatic carbocycles. The molecule has 178 valence electrons. The Morgan fingerprint density at radius 3 is 2.91 bits per heavy atom. The maximum Gasteiger partial charge on any atom is 0.342 e. The quantitative estimate of drug-likeness (QED) is 0.335. The van der Waals surface area contributed by atoms with Crippen LogP contribution in [0, 0.1) is 0 Å². The van der Waals surface area contributed by atoms with Crippen LogP contribution in [0.4, 0.5) is 4.39 Å². The van der Waals surface area contributed by atoms with Crippen LogP contribution in [0.25, 0.3) is 0 Å². The summed E-state index contributed by atoms with van der Waals surface area (Å²) in [7, 11) is 0. The Morgan fingerprint density at radius 1 is 1.36 bits per heavy atom. The van der Waals surface area contributed by atoms with Gasteiger partial charge in [0.15, 0.2) is 6.61 Å². The Labute approximate surface area is 194 Å². The van der Waals surface area contributed by atoms with Crippen molar-refractivity contribution in [3.63, 3.8) is 0 Å². The summed E-state index contributed by atoms with van der Waals surface area (Å²) in [5, 5.41) is 26.5. The average molecular weight is 482 g/mol. The largest absolute Gasteiger partial charge is 0.507 e. The molecule has 3 N–H and O–H groups in total. The van der Waals surface area contributed by atoms with Gasteiger partial charge in [-0.15, -0.1) is 0 Å². The molecule has 33 heavy (non-hydrogen) atoms. The van der Waals surface area contributed by atoms with Crippen molar-refractivity contribution >= 4 is 29.2 Å². The highest BCUT2D eigenvalue weighted by molar-refractivity contribution is 6.33. The van der Waals surface area contributed by atoms with E-state index in [2.05, 4.69) is 10.5 Å². The van der Waals surface area contributed by atoms with E-state index in [1.165, 1.54) is 0 Å². The van der Waals surface area contributed by atoms with Crippen molar-refractivity contribution in [2.24, 2.45) is 5.16 Å². The number of benzene rings is 1. The molecule has 0 unspecified atom stereocenters. The lowest BCUT2D eigenvalue weighted by atomic mass is 9.99. The molecule has 0 aromatic heterocycles. The summed E-state index contributed by atoms with van der Waals surface area (Å²) in [5.41, 5.74) is 0.0754. The van der Waals surface area contributed by atoms with E-state index in [4.69, 9.17) is 25.9 Å². The number of epoxide rings is 1. The summed E-state index contributed by atoms with van der Waals surface area (Å²) in [4.78, 5) is 29.5. The van der Waals surface area contributed by atoms with Crippen molar-refractivity contribution in [3.05, 3.63) is 46.5 Å². The first kappa shape index (κ1) is 24.5. The maximum absolute atomic E-state index is 12.9. The summed E-state index contributed by atoms with van der Waals surface area (Å²) in [6, 6.07) is 0.956. The first-order chi connectivity index (χ1) is 15.8. The fourth-order valence-electron chi connectivity index (χ4n) is 3.26. The Balaban J connectivity index is 1.93. The number of ether oxygens (including phenoxy) is 2. The molecule has 1 aromatic rings. The number of phenols is 2. The van der Waals surface area contributed by atoms with E-state index in [1.54, 1.807) is 25.2 Å². The van der Waals surface area contributed by atoms with Gasteiger partial charge in [0.05, 0.1) is 16.8 Å². The second-order valence-corrected chi connectivity index (χ2v) is 7.87. The van der Waals surface area contributed by atoms with Crippen LogP contribution in [-0.2, 0) is 25.5 Å². The molecule has 1 fully saturated rings. The third-order valence-corrected chi connectivity index (χ3v) is 5.29. The van der Waals surface area contributed by atoms with Gasteiger partial charge in [0, 0.05) is 25.5 Å². The highest BCUT2D eigenvalue weighted by Crippen LogP contribution is 2.38. The number of carbonyl (C=O) groups is 2. The van der Waals surface area contributed by atoms with Gasteiger partial charge in [0.1, 0.15) is 35.9 Å². The van der Waals surface area contributed by atoms with Crippen molar-refractivity contribution < 1.29 is 38.5 Å². The van der Waals surface area contributed by atoms with E-state index in [0.717, 1.165) is 6.07 Å². The minimum absolute atomic E-state index is 0.0711. The van der Waals surface area contributed by atoms with E-state index in [1.807, 2.05) is 6.08 Å². The number of alkyl halides is 1. The van der Waals surface area contributed by atoms with E-state index < -0.39 is 42.8 Å². The lowest BCUT2D eigenvalue weighted by molar-refractivity contribution is -0.125. The number of phenolic OH excluding ortho intramolecular Hbond substituents is 2. The zero-order chi connectivity index (χ0) is 24.0. The van der Waals surface area contributed by atoms with Gasteiger partial charge in [-0.2, -0.15) is 0 Å². The van der Waals surface area contributed by atoms with Crippen LogP contribution in [0.1, 0.15) is 29.3 Å². The van der Waals surface area contributed by atoms with E-state index >= 15 is 0 Å². The van der Waals surface area contributed by atoms with Gasteiger partial charge < -0.3 is 29.8 Å². The number of nitrogens with one attached hydrogen (secondary N) is 1. The normalized spacial score (nSPS) is 25.7. The van der Waals surface area contributed by atoms with Gasteiger partial charge in [0.25, 0.3) is 5.91 Å². The van der Waals surface area contributed by atoms with Crippen LogP contribution in [0.3, 0.4) is 0 Å². The number of aromatic hydroxyl groups is 2. The summed E-state index contributed by atoms with van der Waals surface area (Å²) < 4.78 is 23.2. The monoisotopic (exact) mass is 481 g/mol. The van der Waals surface area contributed by atoms with Crippen LogP contribution >= 0.6 is 11.6 Å². The number of amides is 1. The molecule has 1 saturated heterocycles. The lowest BCUT2D eigenvalue weighted by Crippen LogP contribution is -2.28. The fraction of sp³-hybridized carbons (Fsp3) is 0.409. The number of fused-ring (bicyclic) bond motifs is 2. The van der Waals surface area contributed by atoms with Crippen LogP contribution in [0.2, 0.25) is 5.02 Å². The van der Waals surface area contributed by atoms with Gasteiger partial charge in [-0.05, 0) is 18.6 Å². The second-order valence-electron chi connectivity index (χ2n) is 7.49. The molecule has 3 atom stereocenters. The lowest BCUT2D eigenvalue weighted by Gasteiger charge is -2.17. The number of hydrogen-bond donors (Lipinski definition) is 3. The van der Waals surface area contributed by atoms with Crippen LogP contribution < -0.4 is 5.32 Å². The predicted octanol–water partition coefficient (Wildman–Crippen LogP) is 2.58. The smallest absolute Gasteiger partial charge is 0.342 e. The maximum atomic E-state index is 12.9. The van der Waals surface area contributed by atoms with Gasteiger partial charge >= 0.3 is 5.97 Å². The molecule has 11 heteroatoms. The number of esters is 1. The molecule has 2 heterocycles. The summed E-state index contributed by atoms with van der Waals surface area (Å²) >= 11 is 6.25. The summed E-state index contributed by atoms with van der Waals surface area (Å²) in [6.07, 6.45) is 6.41. The predicted molar refractivity (Wildman–Crippen MR) is 117 cm³/mol. The summed E-state index contributed by atoms with van der Waals surface area (Å²) in [5.74, 6) is -2.33. The van der Waals surface area contributed by atoms with Crippen molar-refractivity contribution in [1.82, 2.24) is 5.32 Å². The highest BCUT2D eigenvalue weighted by atomic mass is 35.5. The number of allylic oxidation sites excluding steroid dienone is 3. The molecule has 3 rings (SSSR count). The number of oxime groups is 1. The molecule has 0 spiro atoms. The number of nitrogens with zero attached hydrogens (tertiary/aromatic N) is 1. The first-order valence-corrected chi connectivity index (χ1v) is 10.6. The highest BCUT2D eigenvalue weighted by Gasteiger charge is 2.38. The number of hydrogen-bond acceptors (Lipinski definition) is 8. The fourth-order valence-corrected chi connectivity index (χ4v) is 3.48. The SMILES string of the molecule is C[C@@H]1C[C@H]2O[C@@H]2\C=C/C=C/C(=N\OCC(=O)NCC[18F])Cc2c(Cl)c(O)cc(O)c2C(=O)O1. The number of rotatable bonds is 5. The van der Waals surface area contributed by atoms with Gasteiger partial charge in [0.2, 0.25) is 0 Å². The molecule has 1 amide bonds. The number of carbonyl (C=O) groups excluding carboxylic acids is 2. The van der Waals surface area contributed by atoms with Gasteiger partial charge in [-0.1, -0.05) is 35.0 Å². The van der Waals surface area contributed by atoms with Crippen LogP contribution in [0.5, 0.6) is 11.5 Å². The number of cyclic esters (lactones) is 1. The van der Waals surface area contributed by atoms with E-state index in [-0.39, 0.29) is 47.0 Å². The topological polar surface area (TPSA) is 130 Å². The van der Waals surface area contributed by atoms with Gasteiger partial charge in [-0.25, -0.2) is 9.18 Å². The standard InChI is InChI=1S/C22H24ClFN2O7/c1-12-8-18-17(33-18)5-3-2-4-13(26-31-11-19(29)25-7-6-24)9-14-20(22(30)32-12)15(27)10-16(28)21(14)23/h2-5,10,12,17-18,27-28H,6-9,11H2,1H3,(H,25,29)/b4-2+,5-3-,26-13+/t12-,17-,18-/m1/s1/i24-1. The number of halogens is 2. The third kappa shape index (κ3) is 6.69. The molecule has 0 radical (unpaired) electrons. The average Bonchev–Trinajstić information content (AvgIpc) is 3.49.